The lowest BCUT2D eigenvalue weighted by atomic mass is 10.1. The summed E-state index contributed by atoms with van der Waals surface area (Å²) in [4.78, 5) is 33.6. The van der Waals surface area contributed by atoms with Gasteiger partial charge in [-0.25, -0.2) is 13.9 Å². The predicted octanol–water partition coefficient (Wildman–Crippen LogP) is 2.66. The molecular formula is C24H25FN6O2. The Morgan fingerprint density at radius 1 is 1.12 bits per heavy atom. The van der Waals surface area contributed by atoms with Crippen molar-refractivity contribution in [3.05, 3.63) is 64.4 Å². The number of benzene rings is 1. The Bertz CT molecular complexity index is 1260. The largest absolute Gasteiger partial charge is 0.341 e. The Hall–Kier alpha value is -3.80. The van der Waals surface area contributed by atoms with Crippen molar-refractivity contribution in [3.8, 4) is 6.07 Å². The first-order valence-electron chi connectivity index (χ1n) is 11.0. The first-order valence-corrected chi connectivity index (χ1v) is 11.0. The minimum Gasteiger partial charge on any atom is -0.341 e. The molecule has 33 heavy (non-hydrogen) atoms. The van der Waals surface area contributed by atoms with E-state index in [1.54, 1.807) is 26.4 Å². The van der Waals surface area contributed by atoms with Gasteiger partial charge in [-0.2, -0.15) is 10.4 Å². The first-order chi connectivity index (χ1) is 15.9. The number of hydrogen-bond acceptors (Lipinski definition) is 5. The van der Waals surface area contributed by atoms with Gasteiger partial charge in [0.05, 0.1) is 11.8 Å². The molecule has 0 atom stereocenters. The number of hydrogen-bond donors (Lipinski definition) is 0. The molecule has 2 amide bonds. The van der Waals surface area contributed by atoms with E-state index >= 15 is 0 Å². The van der Waals surface area contributed by atoms with E-state index < -0.39 is 5.82 Å². The molecule has 0 bridgehead atoms. The zero-order valence-corrected chi connectivity index (χ0v) is 18.7. The number of rotatable bonds is 4. The van der Waals surface area contributed by atoms with Gasteiger partial charge in [0.15, 0.2) is 5.65 Å². The Balaban J connectivity index is 1.40. The highest BCUT2D eigenvalue weighted by Gasteiger charge is 2.24. The Morgan fingerprint density at radius 3 is 2.61 bits per heavy atom. The van der Waals surface area contributed by atoms with E-state index in [-0.39, 0.29) is 17.4 Å². The minimum atomic E-state index is -0.532. The highest BCUT2D eigenvalue weighted by atomic mass is 19.1. The molecule has 0 radical (unpaired) electrons. The zero-order chi connectivity index (χ0) is 23.5. The average Bonchev–Trinajstić information content (AvgIpc) is 3.05. The molecule has 0 unspecified atom stereocenters. The topological polar surface area (TPSA) is 94.6 Å². The van der Waals surface area contributed by atoms with Crippen LogP contribution in [0, 0.1) is 31.0 Å². The summed E-state index contributed by atoms with van der Waals surface area (Å²) in [6.45, 7) is 5.61. The maximum atomic E-state index is 14.0. The lowest BCUT2D eigenvalue weighted by molar-refractivity contribution is -0.131. The molecule has 4 rings (SSSR count). The zero-order valence-electron chi connectivity index (χ0n) is 18.7. The molecular weight excluding hydrogens is 423 g/mol. The van der Waals surface area contributed by atoms with E-state index in [4.69, 9.17) is 0 Å². The van der Waals surface area contributed by atoms with Gasteiger partial charge in [-0.05, 0) is 44.4 Å². The monoisotopic (exact) mass is 448 g/mol. The van der Waals surface area contributed by atoms with Crippen molar-refractivity contribution in [2.45, 2.75) is 33.1 Å². The highest BCUT2D eigenvalue weighted by molar-refractivity contribution is 5.94. The maximum Gasteiger partial charge on any atom is 0.256 e. The smallest absolute Gasteiger partial charge is 0.256 e. The fourth-order valence-corrected chi connectivity index (χ4v) is 4.32. The van der Waals surface area contributed by atoms with E-state index in [9.17, 15) is 19.2 Å². The van der Waals surface area contributed by atoms with Crippen LogP contribution < -0.4 is 0 Å². The van der Waals surface area contributed by atoms with Gasteiger partial charge in [0, 0.05) is 44.0 Å². The molecule has 8 nitrogen and oxygen atoms in total. The van der Waals surface area contributed by atoms with E-state index in [2.05, 4.69) is 16.2 Å². The van der Waals surface area contributed by atoms with Gasteiger partial charge >= 0.3 is 0 Å². The lowest BCUT2D eigenvalue weighted by Crippen LogP contribution is -2.37. The van der Waals surface area contributed by atoms with Crippen LogP contribution in [0.5, 0.6) is 0 Å². The van der Waals surface area contributed by atoms with Crippen LogP contribution in [0.25, 0.3) is 5.65 Å². The fourth-order valence-electron chi connectivity index (χ4n) is 4.32. The SMILES string of the molecule is Cc1nc2c(C#N)cnn2c(C)c1CCC(=O)N1CCCN(C(=O)c2ccccc2F)CC1. The summed E-state index contributed by atoms with van der Waals surface area (Å²) < 4.78 is 15.7. The number of nitrogens with zero attached hydrogens (tertiary/aromatic N) is 6. The summed E-state index contributed by atoms with van der Waals surface area (Å²) in [6.07, 6.45) is 2.95. The summed E-state index contributed by atoms with van der Waals surface area (Å²) in [5.41, 5.74) is 3.59. The van der Waals surface area contributed by atoms with Crippen LogP contribution in [0.2, 0.25) is 0 Å². The van der Waals surface area contributed by atoms with Crippen molar-refractivity contribution in [1.29, 1.82) is 5.26 Å². The number of amides is 2. The van der Waals surface area contributed by atoms with Crippen molar-refractivity contribution in [2.24, 2.45) is 0 Å². The van der Waals surface area contributed by atoms with Gasteiger partial charge in [0.25, 0.3) is 5.91 Å². The maximum absolute atomic E-state index is 14.0. The molecule has 9 heteroatoms. The van der Waals surface area contributed by atoms with E-state index in [1.165, 1.54) is 18.3 Å². The first kappa shape index (κ1) is 22.4. The minimum absolute atomic E-state index is 0.00673. The standard InChI is InChI=1S/C24H25FN6O2/c1-16-19(17(2)31-23(28-16)18(14-26)15-27-31)8-9-22(32)29-10-5-11-30(13-12-29)24(33)20-6-3-4-7-21(20)25/h3-4,6-7,15H,5,8-13H2,1-2H3. The molecule has 170 valence electrons. The van der Waals surface area contributed by atoms with Crippen LogP contribution in [0.4, 0.5) is 4.39 Å². The molecule has 0 spiro atoms. The van der Waals surface area contributed by atoms with E-state index in [0.29, 0.717) is 56.7 Å². The molecule has 0 saturated carbocycles. The molecule has 1 aliphatic heterocycles. The van der Waals surface area contributed by atoms with Crippen molar-refractivity contribution >= 4 is 17.5 Å². The summed E-state index contributed by atoms with van der Waals surface area (Å²) in [5, 5.41) is 13.5. The van der Waals surface area contributed by atoms with Crippen LogP contribution in [0.15, 0.2) is 30.5 Å². The summed E-state index contributed by atoms with van der Waals surface area (Å²) in [5.74, 6) is -0.869. The summed E-state index contributed by atoms with van der Waals surface area (Å²) >= 11 is 0. The number of aromatic nitrogens is 3. The van der Waals surface area contributed by atoms with Gasteiger partial charge < -0.3 is 9.80 Å². The normalized spacial score (nSPS) is 14.2. The van der Waals surface area contributed by atoms with Crippen LogP contribution in [0.1, 0.15) is 45.7 Å². The quantitative estimate of drug-likeness (QED) is 0.612. The third kappa shape index (κ3) is 4.42. The third-order valence-electron chi connectivity index (χ3n) is 6.16. The Kier molecular flexibility index (Phi) is 6.36. The van der Waals surface area contributed by atoms with Crippen molar-refractivity contribution in [1.82, 2.24) is 24.4 Å². The van der Waals surface area contributed by atoms with E-state index in [0.717, 1.165) is 17.0 Å². The molecule has 1 aliphatic rings. The second-order valence-corrected chi connectivity index (χ2v) is 8.17. The fraction of sp³-hybridized carbons (Fsp3) is 0.375. The Labute approximate surface area is 191 Å². The van der Waals surface area contributed by atoms with Crippen LogP contribution in [-0.4, -0.2) is 62.4 Å². The molecule has 1 aromatic carbocycles. The third-order valence-corrected chi connectivity index (χ3v) is 6.16. The molecule has 0 aliphatic carbocycles. The molecule has 3 aromatic rings. The number of fused-ring (bicyclic) bond motifs is 1. The summed E-state index contributed by atoms with van der Waals surface area (Å²) in [6, 6.07) is 8.06. The van der Waals surface area contributed by atoms with Gasteiger partial charge in [-0.1, -0.05) is 12.1 Å². The van der Waals surface area contributed by atoms with Gasteiger partial charge in [-0.15, -0.1) is 0 Å². The Morgan fingerprint density at radius 2 is 1.85 bits per heavy atom. The van der Waals surface area contributed by atoms with Gasteiger partial charge in [0.1, 0.15) is 17.4 Å². The highest BCUT2D eigenvalue weighted by Crippen LogP contribution is 2.19. The second-order valence-electron chi connectivity index (χ2n) is 8.17. The average molecular weight is 449 g/mol. The van der Waals surface area contributed by atoms with Gasteiger partial charge in [-0.3, -0.25) is 9.59 Å². The number of aryl methyl sites for hydroxylation is 2. The van der Waals surface area contributed by atoms with Crippen LogP contribution in [0.3, 0.4) is 0 Å². The number of nitriles is 1. The molecule has 1 saturated heterocycles. The molecule has 0 N–H and O–H groups in total. The lowest BCUT2D eigenvalue weighted by Gasteiger charge is -2.22. The number of carbonyl (C=O) groups is 2. The molecule has 1 fully saturated rings. The van der Waals surface area contributed by atoms with Crippen LogP contribution in [-0.2, 0) is 11.2 Å². The van der Waals surface area contributed by atoms with Gasteiger partial charge in [0.2, 0.25) is 5.91 Å². The number of carbonyl (C=O) groups excluding carboxylic acids is 2. The molecule has 3 heterocycles. The second kappa shape index (κ2) is 9.36. The molecule has 2 aromatic heterocycles. The number of halogens is 1. The van der Waals surface area contributed by atoms with Crippen molar-refractivity contribution < 1.29 is 14.0 Å². The van der Waals surface area contributed by atoms with Crippen molar-refractivity contribution in [2.75, 3.05) is 26.2 Å². The van der Waals surface area contributed by atoms with Crippen LogP contribution >= 0.6 is 0 Å². The summed E-state index contributed by atoms with van der Waals surface area (Å²) in [7, 11) is 0. The van der Waals surface area contributed by atoms with E-state index in [1.807, 2.05) is 13.8 Å². The van der Waals surface area contributed by atoms with Crippen molar-refractivity contribution in [3.63, 3.8) is 0 Å². The predicted molar refractivity (Wildman–Crippen MR) is 119 cm³/mol.